The smallest absolute Gasteiger partial charge is 0.148 e. The fourth-order valence-corrected chi connectivity index (χ4v) is 1.98. The molecule has 1 aliphatic heterocycles. The molecule has 0 amide bonds. The Bertz CT molecular complexity index is 402. The molecule has 2 rings (SSSR count). The lowest BCUT2D eigenvalue weighted by molar-refractivity contribution is -0.0507. The number of methoxy groups -OCH3 is 1. The van der Waals surface area contributed by atoms with Crippen molar-refractivity contribution in [2.24, 2.45) is 0 Å². The van der Waals surface area contributed by atoms with Gasteiger partial charge in [-0.25, -0.2) is 8.78 Å². The molecule has 1 fully saturated rings. The van der Waals surface area contributed by atoms with Crippen LogP contribution in [-0.2, 0) is 11.2 Å². The summed E-state index contributed by atoms with van der Waals surface area (Å²) in [7, 11) is 1.59. The van der Waals surface area contributed by atoms with Crippen molar-refractivity contribution in [2.45, 2.75) is 12.0 Å². The van der Waals surface area contributed by atoms with E-state index in [0.29, 0.717) is 25.1 Å². The van der Waals surface area contributed by atoms with Crippen LogP contribution in [0.2, 0.25) is 5.02 Å². The van der Waals surface area contributed by atoms with Crippen molar-refractivity contribution in [3.05, 3.63) is 34.4 Å². The first kappa shape index (κ1) is 11.8. The maximum Gasteiger partial charge on any atom is 0.148 e. The van der Waals surface area contributed by atoms with E-state index in [0.717, 1.165) is 0 Å². The highest BCUT2D eigenvalue weighted by Gasteiger charge is 2.37. The molecule has 0 bridgehead atoms. The van der Waals surface area contributed by atoms with Crippen molar-refractivity contribution in [3.8, 4) is 0 Å². The molecular weight excluding hydrogens is 236 g/mol. The zero-order valence-corrected chi connectivity index (χ0v) is 9.57. The van der Waals surface area contributed by atoms with E-state index in [4.69, 9.17) is 16.3 Å². The van der Waals surface area contributed by atoms with Gasteiger partial charge >= 0.3 is 0 Å². The van der Waals surface area contributed by atoms with Crippen molar-refractivity contribution in [1.82, 2.24) is 5.32 Å². The first-order chi connectivity index (χ1) is 7.58. The fraction of sp³-hybridized carbons (Fsp3) is 0.455. The maximum atomic E-state index is 13.6. The minimum Gasteiger partial charge on any atom is -0.375 e. The number of halogens is 3. The van der Waals surface area contributed by atoms with Gasteiger partial charge < -0.3 is 10.1 Å². The Balaban J connectivity index is 2.25. The Morgan fingerprint density at radius 1 is 1.44 bits per heavy atom. The SMILES string of the molecule is COC1(Cc2ccc(F)c(Cl)c2F)CNC1. The molecule has 1 heterocycles. The second-order valence-electron chi connectivity index (χ2n) is 4.00. The summed E-state index contributed by atoms with van der Waals surface area (Å²) in [4.78, 5) is 0. The van der Waals surface area contributed by atoms with E-state index >= 15 is 0 Å². The van der Waals surface area contributed by atoms with Gasteiger partial charge in [0.15, 0.2) is 0 Å². The van der Waals surface area contributed by atoms with Crippen LogP contribution >= 0.6 is 11.6 Å². The summed E-state index contributed by atoms with van der Waals surface area (Å²) in [5.41, 5.74) is -0.00288. The third-order valence-corrected chi connectivity index (χ3v) is 3.30. The summed E-state index contributed by atoms with van der Waals surface area (Å²) in [6, 6.07) is 2.59. The van der Waals surface area contributed by atoms with Crippen LogP contribution in [0.5, 0.6) is 0 Å². The standard InChI is InChI=1S/C11H12ClF2NO/c1-16-11(5-15-6-11)4-7-2-3-8(13)9(12)10(7)14/h2-3,15H,4-6H2,1H3. The molecule has 0 unspecified atom stereocenters. The minimum absolute atomic E-state index is 0.384. The quantitative estimate of drug-likeness (QED) is 0.827. The summed E-state index contributed by atoms with van der Waals surface area (Å²) >= 11 is 5.51. The van der Waals surface area contributed by atoms with E-state index in [2.05, 4.69) is 5.32 Å². The van der Waals surface area contributed by atoms with Gasteiger partial charge in [-0.15, -0.1) is 0 Å². The van der Waals surface area contributed by atoms with Crippen LogP contribution in [0.1, 0.15) is 5.56 Å². The van der Waals surface area contributed by atoms with Crippen molar-refractivity contribution in [1.29, 1.82) is 0 Å². The molecule has 0 spiro atoms. The molecule has 88 valence electrons. The van der Waals surface area contributed by atoms with Crippen molar-refractivity contribution >= 4 is 11.6 Å². The molecule has 16 heavy (non-hydrogen) atoms. The van der Waals surface area contributed by atoms with Gasteiger partial charge in [-0.2, -0.15) is 0 Å². The van der Waals surface area contributed by atoms with Crippen LogP contribution in [0.3, 0.4) is 0 Å². The van der Waals surface area contributed by atoms with Gasteiger partial charge in [-0.3, -0.25) is 0 Å². The van der Waals surface area contributed by atoms with E-state index in [1.54, 1.807) is 7.11 Å². The second-order valence-corrected chi connectivity index (χ2v) is 4.38. The molecule has 0 aliphatic carbocycles. The number of nitrogens with one attached hydrogen (secondary N) is 1. The molecule has 1 aliphatic rings. The van der Waals surface area contributed by atoms with Crippen molar-refractivity contribution < 1.29 is 13.5 Å². The molecule has 0 radical (unpaired) electrons. The number of hydrogen-bond donors (Lipinski definition) is 1. The Labute approximate surface area is 97.5 Å². The predicted molar refractivity (Wildman–Crippen MR) is 57.7 cm³/mol. The highest BCUT2D eigenvalue weighted by molar-refractivity contribution is 6.30. The third kappa shape index (κ3) is 1.93. The summed E-state index contributed by atoms with van der Waals surface area (Å²) in [5, 5.41) is 2.62. The van der Waals surface area contributed by atoms with Gasteiger partial charge in [0.05, 0.1) is 5.60 Å². The topological polar surface area (TPSA) is 21.3 Å². The average molecular weight is 248 g/mol. The molecule has 0 saturated carbocycles. The number of ether oxygens (including phenoxy) is 1. The summed E-state index contributed by atoms with van der Waals surface area (Å²) in [6.45, 7) is 1.33. The highest BCUT2D eigenvalue weighted by atomic mass is 35.5. The van der Waals surface area contributed by atoms with Crippen LogP contribution in [0.25, 0.3) is 0 Å². The van der Waals surface area contributed by atoms with Crippen LogP contribution in [0.4, 0.5) is 8.78 Å². The predicted octanol–water partition coefficient (Wildman–Crippen LogP) is 2.15. The molecule has 0 aromatic heterocycles. The summed E-state index contributed by atoms with van der Waals surface area (Å²) in [5.74, 6) is -1.42. The normalized spacial score (nSPS) is 18.2. The largest absolute Gasteiger partial charge is 0.375 e. The van der Waals surface area contributed by atoms with Crippen LogP contribution < -0.4 is 5.32 Å². The van der Waals surface area contributed by atoms with Crippen LogP contribution in [0, 0.1) is 11.6 Å². The lowest BCUT2D eigenvalue weighted by Crippen LogP contribution is -2.62. The number of benzene rings is 1. The molecule has 1 saturated heterocycles. The summed E-state index contributed by atoms with van der Waals surface area (Å²) < 4.78 is 31.9. The van der Waals surface area contributed by atoms with Gasteiger partial charge in [0.1, 0.15) is 16.7 Å². The third-order valence-electron chi connectivity index (χ3n) is 2.96. The highest BCUT2D eigenvalue weighted by Crippen LogP contribution is 2.27. The Morgan fingerprint density at radius 2 is 2.12 bits per heavy atom. The Kier molecular flexibility index (Phi) is 3.15. The van der Waals surface area contributed by atoms with E-state index in [9.17, 15) is 8.78 Å². The molecule has 1 N–H and O–H groups in total. The first-order valence-electron chi connectivity index (χ1n) is 4.96. The molecule has 2 nitrogen and oxygen atoms in total. The van der Waals surface area contributed by atoms with E-state index in [1.165, 1.54) is 12.1 Å². The molecule has 1 aromatic carbocycles. The van der Waals surface area contributed by atoms with Gasteiger partial charge in [0.2, 0.25) is 0 Å². The summed E-state index contributed by atoms with van der Waals surface area (Å²) in [6.07, 6.45) is 0.391. The van der Waals surface area contributed by atoms with Gasteiger partial charge in [-0.05, 0) is 11.6 Å². The molecule has 1 aromatic rings. The Hall–Kier alpha value is -0.710. The van der Waals surface area contributed by atoms with Crippen molar-refractivity contribution in [3.63, 3.8) is 0 Å². The van der Waals surface area contributed by atoms with Gasteiger partial charge in [0, 0.05) is 26.6 Å². The molecular formula is C11H12ClF2NO. The second kappa shape index (κ2) is 4.28. The number of hydrogen-bond acceptors (Lipinski definition) is 2. The molecule has 0 atom stereocenters. The first-order valence-corrected chi connectivity index (χ1v) is 5.34. The maximum absolute atomic E-state index is 13.6. The van der Waals surface area contributed by atoms with Gasteiger partial charge in [-0.1, -0.05) is 17.7 Å². The molecule has 5 heteroatoms. The van der Waals surface area contributed by atoms with E-state index in [1.807, 2.05) is 0 Å². The lowest BCUT2D eigenvalue weighted by Gasteiger charge is -2.41. The van der Waals surface area contributed by atoms with Gasteiger partial charge in [0.25, 0.3) is 0 Å². The van der Waals surface area contributed by atoms with Crippen molar-refractivity contribution in [2.75, 3.05) is 20.2 Å². The van der Waals surface area contributed by atoms with Crippen LogP contribution in [0.15, 0.2) is 12.1 Å². The number of rotatable bonds is 3. The van der Waals surface area contributed by atoms with Crippen LogP contribution in [-0.4, -0.2) is 25.8 Å². The zero-order chi connectivity index (χ0) is 11.8. The fourth-order valence-electron chi connectivity index (χ4n) is 1.79. The van der Waals surface area contributed by atoms with E-state index in [-0.39, 0.29) is 5.60 Å². The minimum atomic E-state index is -0.735. The Morgan fingerprint density at radius 3 is 2.62 bits per heavy atom. The monoisotopic (exact) mass is 247 g/mol. The zero-order valence-electron chi connectivity index (χ0n) is 8.82. The lowest BCUT2D eigenvalue weighted by atomic mass is 9.88. The van der Waals surface area contributed by atoms with E-state index < -0.39 is 16.7 Å². The average Bonchev–Trinajstić information content (AvgIpc) is 2.23.